The van der Waals surface area contributed by atoms with Crippen molar-refractivity contribution in [3.63, 3.8) is 0 Å². The summed E-state index contributed by atoms with van der Waals surface area (Å²) in [6.07, 6.45) is 1.01. The van der Waals surface area contributed by atoms with Crippen molar-refractivity contribution in [2.45, 2.75) is 39.2 Å². The second kappa shape index (κ2) is 11.2. The van der Waals surface area contributed by atoms with Crippen LogP contribution < -0.4 is 9.47 Å². The Kier molecular flexibility index (Phi) is 7.87. The highest BCUT2D eigenvalue weighted by Gasteiger charge is 2.37. The Morgan fingerprint density at radius 3 is 2.49 bits per heavy atom. The second-order valence-corrected chi connectivity index (χ2v) is 9.23. The second-order valence-electron chi connectivity index (χ2n) is 8.28. The fourth-order valence-corrected chi connectivity index (χ4v) is 4.36. The molecule has 6 nitrogen and oxygen atoms in total. The molecule has 0 radical (unpaired) electrons. The maximum absolute atomic E-state index is 12.7. The SMILES string of the molecule is CCOC(=O)[C@@](C)(Cc1ccc(OCCc2nc(-c3cccs3)oc2C)cc1)Oc1ccccc1. The van der Waals surface area contributed by atoms with Crippen LogP contribution in [0.2, 0.25) is 0 Å². The highest BCUT2D eigenvalue weighted by atomic mass is 32.1. The smallest absolute Gasteiger partial charge is 0.350 e. The van der Waals surface area contributed by atoms with Gasteiger partial charge in [0.15, 0.2) is 0 Å². The number of carbonyl (C=O) groups excluding carboxylic acids is 1. The van der Waals surface area contributed by atoms with Crippen LogP contribution in [0.3, 0.4) is 0 Å². The Labute approximate surface area is 209 Å². The monoisotopic (exact) mass is 491 g/mol. The van der Waals surface area contributed by atoms with Gasteiger partial charge in [-0.3, -0.25) is 0 Å². The lowest BCUT2D eigenvalue weighted by atomic mass is 9.96. The quantitative estimate of drug-likeness (QED) is 0.230. The Morgan fingerprint density at radius 2 is 1.80 bits per heavy atom. The molecule has 0 aliphatic carbocycles. The molecule has 1 atom stereocenters. The molecule has 0 bridgehead atoms. The van der Waals surface area contributed by atoms with Crippen LogP contribution in [-0.4, -0.2) is 29.8 Å². The largest absolute Gasteiger partial charge is 0.493 e. The van der Waals surface area contributed by atoms with E-state index in [1.54, 1.807) is 25.2 Å². The molecule has 4 rings (SSSR count). The molecular weight excluding hydrogens is 462 g/mol. The molecule has 2 aromatic carbocycles. The van der Waals surface area contributed by atoms with Crippen LogP contribution in [0.1, 0.15) is 30.9 Å². The summed E-state index contributed by atoms with van der Waals surface area (Å²) >= 11 is 1.60. The first kappa shape index (κ1) is 24.5. The van der Waals surface area contributed by atoms with Crippen LogP contribution in [0.4, 0.5) is 0 Å². The third-order valence-corrected chi connectivity index (χ3v) is 6.35. The van der Waals surface area contributed by atoms with Crippen molar-refractivity contribution in [1.29, 1.82) is 0 Å². The maximum Gasteiger partial charge on any atom is 0.350 e. The molecule has 0 aliphatic rings. The van der Waals surface area contributed by atoms with E-state index < -0.39 is 11.6 Å². The predicted molar refractivity (Wildman–Crippen MR) is 136 cm³/mol. The number of thiophene rings is 1. The first-order valence-corrected chi connectivity index (χ1v) is 12.5. The number of rotatable bonds is 11. The Morgan fingerprint density at radius 1 is 1.03 bits per heavy atom. The van der Waals surface area contributed by atoms with E-state index in [0.717, 1.165) is 27.6 Å². The number of hydrogen-bond donors (Lipinski definition) is 0. The minimum atomic E-state index is -1.15. The lowest BCUT2D eigenvalue weighted by molar-refractivity contribution is -0.160. The van der Waals surface area contributed by atoms with Crippen LogP contribution in [0, 0.1) is 6.92 Å². The van der Waals surface area contributed by atoms with Crippen LogP contribution >= 0.6 is 11.3 Å². The average molecular weight is 492 g/mol. The fraction of sp³-hybridized carbons (Fsp3) is 0.286. The molecule has 0 N–H and O–H groups in total. The van der Waals surface area contributed by atoms with E-state index >= 15 is 0 Å². The summed E-state index contributed by atoms with van der Waals surface area (Å²) in [7, 11) is 0. The third-order valence-electron chi connectivity index (χ3n) is 5.49. The number of para-hydroxylation sites is 1. The molecule has 2 aromatic heterocycles. The molecule has 7 heteroatoms. The van der Waals surface area contributed by atoms with Crippen LogP contribution in [0.15, 0.2) is 76.5 Å². The van der Waals surface area contributed by atoms with Gasteiger partial charge in [-0.2, -0.15) is 0 Å². The zero-order valence-electron chi connectivity index (χ0n) is 20.2. The standard InChI is InChI=1S/C28H29NO5S/c1-4-31-27(30)28(3,34-23-9-6-5-7-10-23)19-21-12-14-22(15-13-21)32-17-16-24-20(2)33-26(29-24)25-11-8-18-35-25/h5-15,18H,4,16-17,19H2,1-3H3/t28-/m1/s1. The van der Waals surface area contributed by atoms with E-state index in [1.165, 1.54) is 0 Å². The van der Waals surface area contributed by atoms with Crippen molar-refractivity contribution in [2.75, 3.05) is 13.2 Å². The zero-order valence-corrected chi connectivity index (χ0v) is 21.0. The highest BCUT2D eigenvalue weighted by molar-refractivity contribution is 7.13. The minimum Gasteiger partial charge on any atom is -0.493 e. The van der Waals surface area contributed by atoms with Crippen LogP contribution in [0.5, 0.6) is 11.5 Å². The fourth-order valence-electron chi connectivity index (χ4n) is 3.71. The van der Waals surface area contributed by atoms with E-state index in [0.29, 0.717) is 37.7 Å². The van der Waals surface area contributed by atoms with E-state index in [-0.39, 0.29) is 0 Å². The molecule has 2 heterocycles. The normalized spacial score (nSPS) is 12.7. The first-order chi connectivity index (χ1) is 17.0. The average Bonchev–Trinajstić information content (AvgIpc) is 3.51. The zero-order chi connectivity index (χ0) is 24.7. The van der Waals surface area contributed by atoms with Gasteiger partial charge in [-0.1, -0.05) is 36.4 Å². The van der Waals surface area contributed by atoms with Crippen molar-refractivity contribution >= 4 is 17.3 Å². The molecule has 0 saturated heterocycles. The summed E-state index contributed by atoms with van der Waals surface area (Å²) in [5.74, 6) is 2.43. The number of benzene rings is 2. The van der Waals surface area contributed by atoms with Gasteiger partial charge in [0.25, 0.3) is 0 Å². The molecule has 35 heavy (non-hydrogen) atoms. The lowest BCUT2D eigenvalue weighted by Gasteiger charge is -2.28. The minimum absolute atomic E-state index is 0.291. The van der Waals surface area contributed by atoms with E-state index in [2.05, 4.69) is 4.98 Å². The number of carbonyl (C=O) groups is 1. The summed E-state index contributed by atoms with van der Waals surface area (Å²) in [6.45, 7) is 6.24. The summed E-state index contributed by atoms with van der Waals surface area (Å²) in [5.41, 5.74) is 0.690. The summed E-state index contributed by atoms with van der Waals surface area (Å²) in [5, 5.41) is 2.00. The summed E-state index contributed by atoms with van der Waals surface area (Å²) in [4.78, 5) is 18.4. The van der Waals surface area contributed by atoms with Crippen molar-refractivity contribution in [3.8, 4) is 22.3 Å². The predicted octanol–water partition coefficient (Wildman–Crippen LogP) is 6.28. The topological polar surface area (TPSA) is 70.8 Å². The molecule has 0 spiro atoms. The number of hydrogen-bond acceptors (Lipinski definition) is 7. The molecule has 0 aliphatic heterocycles. The Hall–Kier alpha value is -3.58. The van der Waals surface area contributed by atoms with Gasteiger partial charge in [-0.25, -0.2) is 9.78 Å². The number of aromatic nitrogens is 1. The number of aryl methyl sites for hydroxylation is 1. The van der Waals surface area contributed by atoms with Gasteiger partial charge in [-0.15, -0.1) is 11.3 Å². The van der Waals surface area contributed by atoms with Gasteiger partial charge in [0.2, 0.25) is 11.5 Å². The maximum atomic E-state index is 12.7. The highest BCUT2D eigenvalue weighted by Crippen LogP contribution is 2.27. The molecule has 0 fully saturated rings. The lowest BCUT2D eigenvalue weighted by Crippen LogP contribution is -2.45. The van der Waals surface area contributed by atoms with Gasteiger partial charge in [0.1, 0.15) is 17.3 Å². The summed E-state index contributed by atoms with van der Waals surface area (Å²) < 4.78 is 23.1. The molecule has 0 saturated carbocycles. The Bertz CT molecular complexity index is 1220. The first-order valence-electron chi connectivity index (χ1n) is 11.6. The van der Waals surface area contributed by atoms with Crippen LogP contribution in [0.25, 0.3) is 10.8 Å². The van der Waals surface area contributed by atoms with Gasteiger partial charge in [-0.05, 0) is 62.0 Å². The van der Waals surface area contributed by atoms with Crippen molar-refractivity contribution in [3.05, 3.63) is 89.1 Å². The van der Waals surface area contributed by atoms with E-state index in [9.17, 15) is 4.79 Å². The van der Waals surface area contributed by atoms with Gasteiger partial charge < -0.3 is 18.6 Å². The molecule has 0 amide bonds. The number of oxazole rings is 1. The van der Waals surface area contributed by atoms with Gasteiger partial charge in [0, 0.05) is 12.8 Å². The molecule has 182 valence electrons. The summed E-state index contributed by atoms with van der Waals surface area (Å²) in [6, 6.07) is 21.0. The van der Waals surface area contributed by atoms with Crippen molar-refractivity contribution in [1.82, 2.24) is 4.98 Å². The molecule has 0 unspecified atom stereocenters. The number of ether oxygens (including phenoxy) is 3. The third kappa shape index (κ3) is 6.31. The van der Waals surface area contributed by atoms with Gasteiger partial charge in [0.05, 0.1) is 23.8 Å². The van der Waals surface area contributed by atoms with Crippen molar-refractivity contribution < 1.29 is 23.4 Å². The van der Waals surface area contributed by atoms with Crippen molar-refractivity contribution in [2.24, 2.45) is 0 Å². The van der Waals surface area contributed by atoms with Crippen LogP contribution in [-0.2, 0) is 22.4 Å². The molecular formula is C28H29NO5S. The Balaban J connectivity index is 1.36. The van der Waals surface area contributed by atoms with Gasteiger partial charge >= 0.3 is 5.97 Å². The number of nitrogens with zero attached hydrogens (tertiary/aromatic N) is 1. The number of esters is 1. The van der Waals surface area contributed by atoms with E-state index in [1.807, 2.05) is 79.0 Å². The molecule has 4 aromatic rings. The van der Waals surface area contributed by atoms with E-state index in [4.69, 9.17) is 18.6 Å².